The smallest absolute Gasteiger partial charge is 0.416 e. The fourth-order valence-corrected chi connectivity index (χ4v) is 3.77. The average Bonchev–Trinajstić information content (AvgIpc) is 3.28. The maximum absolute atomic E-state index is 13.0. The van der Waals surface area contributed by atoms with Gasteiger partial charge < -0.3 is 10.1 Å². The summed E-state index contributed by atoms with van der Waals surface area (Å²) in [4.78, 5) is 29.3. The summed E-state index contributed by atoms with van der Waals surface area (Å²) in [6, 6.07) is 12.4. The Balaban J connectivity index is 1.34. The number of carbonyl (C=O) groups excluding carboxylic acids is 1. The van der Waals surface area contributed by atoms with Gasteiger partial charge in [0.05, 0.1) is 24.8 Å². The standard InChI is InChI=1S/C26H26F3N5O3/c1-17(2)19-6-8-21(9-7-19)37-15-23(35)30-10-11-34-24-22(13-32-34)25(36)33(16-31-24)14-18-4-3-5-20(12-18)26(27,28)29/h3-9,12-13,16-17H,10-11,14-15H2,1-2H3,(H,30,35). The van der Waals surface area contributed by atoms with E-state index in [0.717, 1.165) is 12.1 Å². The minimum Gasteiger partial charge on any atom is -0.484 e. The van der Waals surface area contributed by atoms with Crippen molar-refractivity contribution in [3.8, 4) is 5.75 Å². The molecule has 0 atom stereocenters. The van der Waals surface area contributed by atoms with Crippen molar-refractivity contribution in [2.45, 2.75) is 39.0 Å². The lowest BCUT2D eigenvalue weighted by Gasteiger charge is -2.10. The van der Waals surface area contributed by atoms with Gasteiger partial charge in [0, 0.05) is 6.54 Å². The van der Waals surface area contributed by atoms with Gasteiger partial charge in [-0.1, -0.05) is 38.1 Å². The van der Waals surface area contributed by atoms with Crippen LogP contribution >= 0.6 is 0 Å². The van der Waals surface area contributed by atoms with E-state index < -0.39 is 17.3 Å². The Hall–Kier alpha value is -4.15. The third-order valence-corrected chi connectivity index (χ3v) is 5.79. The molecule has 0 radical (unpaired) electrons. The zero-order chi connectivity index (χ0) is 26.6. The van der Waals surface area contributed by atoms with Crippen molar-refractivity contribution in [3.63, 3.8) is 0 Å². The van der Waals surface area contributed by atoms with Crippen molar-refractivity contribution in [1.82, 2.24) is 24.6 Å². The molecule has 4 aromatic rings. The number of fused-ring (bicyclic) bond motifs is 1. The quantitative estimate of drug-likeness (QED) is 0.366. The monoisotopic (exact) mass is 513 g/mol. The lowest BCUT2D eigenvalue weighted by atomic mass is 10.0. The summed E-state index contributed by atoms with van der Waals surface area (Å²) in [5.41, 5.74) is 0.623. The molecule has 0 fully saturated rings. The molecule has 0 unspecified atom stereocenters. The van der Waals surface area contributed by atoms with Gasteiger partial charge in [0.2, 0.25) is 0 Å². The Bertz CT molecular complexity index is 1440. The van der Waals surface area contributed by atoms with Crippen LogP contribution < -0.4 is 15.6 Å². The van der Waals surface area contributed by atoms with Crippen LogP contribution in [0.3, 0.4) is 0 Å². The molecule has 2 aromatic carbocycles. The van der Waals surface area contributed by atoms with E-state index in [9.17, 15) is 22.8 Å². The van der Waals surface area contributed by atoms with E-state index >= 15 is 0 Å². The van der Waals surface area contributed by atoms with E-state index in [1.165, 1.54) is 39.5 Å². The van der Waals surface area contributed by atoms with Crippen LogP contribution in [0.1, 0.15) is 36.5 Å². The number of hydrogen-bond donors (Lipinski definition) is 1. The maximum Gasteiger partial charge on any atom is 0.416 e. The predicted octanol–water partition coefficient (Wildman–Crippen LogP) is 3.98. The summed E-state index contributed by atoms with van der Waals surface area (Å²) in [6.07, 6.45) is -1.83. The first kappa shape index (κ1) is 25.9. The lowest BCUT2D eigenvalue weighted by Crippen LogP contribution is -2.31. The minimum absolute atomic E-state index is 0.0624. The highest BCUT2D eigenvalue weighted by molar-refractivity contribution is 5.77. The molecule has 4 rings (SSSR count). The third kappa shape index (κ3) is 6.35. The van der Waals surface area contributed by atoms with E-state index in [1.54, 1.807) is 0 Å². The molecule has 0 bridgehead atoms. The van der Waals surface area contributed by atoms with Crippen molar-refractivity contribution in [1.29, 1.82) is 0 Å². The Labute approximate surface area is 210 Å². The number of benzene rings is 2. The van der Waals surface area contributed by atoms with Gasteiger partial charge in [-0.25, -0.2) is 9.67 Å². The van der Waals surface area contributed by atoms with Crippen LogP contribution in [0.25, 0.3) is 11.0 Å². The van der Waals surface area contributed by atoms with Crippen LogP contribution in [-0.4, -0.2) is 38.4 Å². The lowest BCUT2D eigenvalue weighted by molar-refractivity contribution is -0.137. The van der Waals surface area contributed by atoms with Gasteiger partial charge in [-0.05, 0) is 41.3 Å². The van der Waals surface area contributed by atoms with Crippen molar-refractivity contribution < 1.29 is 22.7 Å². The number of amides is 1. The summed E-state index contributed by atoms with van der Waals surface area (Å²) in [5, 5.41) is 7.14. The predicted molar refractivity (Wildman–Crippen MR) is 131 cm³/mol. The Kier molecular flexibility index (Phi) is 7.61. The van der Waals surface area contributed by atoms with Gasteiger partial charge in [-0.15, -0.1) is 0 Å². The largest absolute Gasteiger partial charge is 0.484 e. The molecule has 0 saturated carbocycles. The molecule has 0 aliphatic carbocycles. The van der Waals surface area contributed by atoms with Gasteiger partial charge >= 0.3 is 6.18 Å². The van der Waals surface area contributed by atoms with Gasteiger partial charge in [0.15, 0.2) is 12.3 Å². The van der Waals surface area contributed by atoms with Crippen molar-refractivity contribution in [2.75, 3.05) is 13.2 Å². The second-order valence-electron chi connectivity index (χ2n) is 8.84. The van der Waals surface area contributed by atoms with E-state index in [-0.39, 0.29) is 37.5 Å². The van der Waals surface area contributed by atoms with Crippen LogP contribution in [0, 0.1) is 0 Å². The second-order valence-corrected chi connectivity index (χ2v) is 8.84. The number of aromatic nitrogens is 4. The Morgan fingerprint density at radius 2 is 1.89 bits per heavy atom. The van der Waals surface area contributed by atoms with Crippen LogP contribution in [0.15, 0.2) is 65.8 Å². The number of nitrogens with one attached hydrogen (secondary N) is 1. The number of hydrogen-bond acceptors (Lipinski definition) is 5. The molecule has 0 saturated heterocycles. The van der Waals surface area contributed by atoms with Gasteiger partial charge in [0.25, 0.3) is 11.5 Å². The topological polar surface area (TPSA) is 91.0 Å². The van der Waals surface area contributed by atoms with E-state index in [0.29, 0.717) is 22.9 Å². The molecule has 194 valence electrons. The molecule has 0 aliphatic rings. The fraction of sp³-hybridized carbons (Fsp3) is 0.308. The highest BCUT2D eigenvalue weighted by atomic mass is 19.4. The SMILES string of the molecule is CC(C)c1ccc(OCC(=O)NCCn2ncc3c(=O)n(Cc4cccc(C(F)(F)F)c4)cnc32)cc1. The summed E-state index contributed by atoms with van der Waals surface area (Å²) in [6.45, 7) is 4.49. The number of carbonyl (C=O) groups is 1. The molecule has 2 heterocycles. The molecule has 0 aliphatic heterocycles. The molecule has 0 spiro atoms. The number of ether oxygens (including phenoxy) is 1. The normalized spacial score (nSPS) is 11.7. The van der Waals surface area contributed by atoms with Crippen LogP contribution in [0.4, 0.5) is 13.2 Å². The highest BCUT2D eigenvalue weighted by Crippen LogP contribution is 2.29. The van der Waals surface area contributed by atoms with Crippen LogP contribution in [-0.2, 0) is 24.1 Å². The number of halogens is 3. The molecule has 11 heteroatoms. The number of rotatable bonds is 9. The fourth-order valence-electron chi connectivity index (χ4n) is 3.77. The zero-order valence-corrected chi connectivity index (χ0v) is 20.3. The molecule has 1 amide bonds. The zero-order valence-electron chi connectivity index (χ0n) is 20.3. The Morgan fingerprint density at radius 1 is 1.14 bits per heavy atom. The second kappa shape index (κ2) is 10.9. The summed E-state index contributed by atoms with van der Waals surface area (Å²) in [7, 11) is 0. The first-order valence-electron chi connectivity index (χ1n) is 11.7. The molecular formula is C26H26F3N5O3. The number of alkyl halides is 3. The molecule has 37 heavy (non-hydrogen) atoms. The van der Waals surface area contributed by atoms with Crippen LogP contribution in [0.2, 0.25) is 0 Å². The van der Waals surface area contributed by atoms with Gasteiger partial charge in [0.1, 0.15) is 17.5 Å². The van der Waals surface area contributed by atoms with Crippen LogP contribution in [0.5, 0.6) is 5.75 Å². The molecular weight excluding hydrogens is 487 g/mol. The van der Waals surface area contributed by atoms with Gasteiger partial charge in [-0.3, -0.25) is 14.2 Å². The van der Waals surface area contributed by atoms with E-state index in [1.807, 2.05) is 24.3 Å². The first-order chi connectivity index (χ1) is 17.6. The van der Waals surface area contributed by atoms with E-state index in [4.69, 9.17) is 4.74 Å². The summed E-state index contributed by atoms with van der Waals surface area (Å²) < 4.78 is 47.2. The third-order valence-electron chi connectivity index (χ3n) is 5.79. The van der Waals surface area contributed by atoms with Crippen molar-refractivity contribution in [3.05, 3.63) is 88.1 Å². The maximum atomic E-state index is 13.0. The first-order valence-corrected chi connectivity index (χ1v) is 11.7. The van der Waals surface area contributed by atoms with E-state index in [2.05, 4.69) is 29.2 Å². The molecule has 8 nitrogen and oxygen atoms in total. The average molecular weight is 514 g/mol. The Morgan fingerprint density at radius 3 is 2.59 bits per heavy atom. The number of nitrogens with zero attached hydrogens (tertiary/aromatic N) is 4. The van der Waals surface area contributed by atoms with Crippen molar-refractivity contribution >= 4 is 16.9 Å². The molecule has 1 N–H and O–H groups in total. The summed E-state index contributed by atoms with van der Waals surface area (Å²) >= 11 is 0. The molecule has 2 aromatic heterocycles. The minimum atomic E-state index is -4.47. The highest BCUT2D eigenvalue weighted by Gasteiger charge is 2.30. The summed E-state index contributed by atoms with van der Waals surface area (Å²) in [5.74, 6) is 0.701. The van der Waals surface area contributed by atoms with Gasteiger partial charge in [-0.2, -0.15) is 18.3 Å². The van der Waals surface area contributed by atoms with Crippen molar-refractivity contribution in [2.24, 2.45) is 0 Å².